The number of H-pyrrole nitrogens is 1. The lowest BCUT2D eigenvalue weighted by Gasteiger charge is -2.09. The van der Waals surface area contributed by atoms with Gasteiger partial charge in [-0.05, 0) is 12.1 Å². The number of alkyl halides is 3. The summed E-state index contributed by atoms with van der Waals surface area (Å²) in [6, 6.07) is 2.00. The van der Waals surface area contributed by atoms with Crippen LogP contribution >= 0.6 is 22.9 Å². The Morgan fingerprint density at radius 1 is 1.23 bits per heavy atom. The summed E-state index contributed by atoms with van der Waals surface area (Å²) < 4.78 is 41.1. The highest BCUT2D eigenvalue weighted by atomic mass is 35.5. The van der Waals surface area contributed by atoms with Gasteiger partial charge in [-0.1, -0.05) is 11.6 Å². The molecule has 26 heavy (non-hydrogen) atoms. The van der Waals surface area contributed by atoms with Crippen molar-refractivity contribution in [2.24, 2.45) is 0 Å². The minimum atomic E-state index is -4.61. The van der Waals surface area contributed by atoms with Gasteiger partial charge in [0.05, 0.1) is 9.90 Å². The normalized spacial score (nSPS) is 11.1. The molecular weight excluding hydrogens is 399 g/mol. The number of aromatic amines is 1. The molecule has 0 saturated carbocycles. The fourth-order valence-electron chi connectivity index (χ4n) is 1.79. The SMILES string of the molecule is O=C(COC(=O)c1c[nH]cc1-c1ccc(Cl)s1)NC(=O)NCC(F)(F)F. The predicted octanol–water partition coefficient (Wildman–Crippen LogP) is 2.94. The zero-order chi connectivity index (χ0) is 19.3. The summed E-state index contributed by atoms with van der Waals surface area (Å²) in [5.41, 5.74) is 0.646. The second-order valence-corrected chi connectivity index (χ2v) is 6.52. The maximum absolute atomic E-state index is 12.1. The molecule has 2 aromatic rings. The van der Waals surface area contributed by atoms with Crippen LogP contribution in [0.25, 0.3) is 10.4 Å². The number of halogens is 4. The average molecular weight is 410 g/mol. The Labute approximate surface area is 153 Å². The fraction of sp³-hybridized carbons (Fsp3) is 0.214. The van der Waals surface area contributed by atoms with Crippen molar-refractivity contribution in [3.05, 3.63) is 34.4 Å². The highest BCUT2D eigenvalue weighted by Gasteiger charge is 2.28. The third-order valence-electron chi connectivity index (χ3n) is 2.84. The molecule has 0 fully saturated rings. The van der Waals surface area contributed by atoms with E-state index < -0.39 is 37.2 Å². The average Bonchev–Trinajstić information content (AvgIpc) is 3.18. The number of carbonyl (C=O) groups is 3. The lowest BCUT2D eigenvalue weighted by Crippen LogP contribution is -2.44. The minimum absolute atomic E-state index is 0.137. The molecule has 140 valence electrons. The van der Waals surface area contributed by atoms with Gasteiger partial charge < -0.3 is 15.0 Å². The standard InChI is InChI=1S/C14H11ClF3N3O4S/c15-10-2-1-9(26-10)7-3-19-4-8(7)12(23)25-5-11(22)21-13(24)20-6-14(16,17)18/h1-4,19H,5-6H2,(H2,20,21,22,24). The first kappa shape index (κ1) is 19.8. The van der Waals surface area contributed by atoms with Gasteiger partial charge in [-0.25, -0.2) is 9.59 Å². The van der Waals surface area contributed by atoms with Gasteiger partial charge in [0, 0.05) is 22.8 Å². The van der Waals surface area contributed by atoms with Crippen LogP contribution in [0.2, 0.25) is 4.34 Å². The van der Waals surface area contributed by atoms with Crippen LogP contribution < -0.4 is 10.6 Å². The van der Waals surface area contributed by atoms with Crippen molar-refractivity contribution in [1.29, 1.82) is 0 Å². The Bertz CT molecular complexity index is 818. The Morgan fingerprint density at radius 2 is 1.96 bits per heavy atom. The number of esters is 1. The molecule has 0 aromatic carbocycles. The molecule has 0 atom stereocenters. The first-order chi connectivity index (χ1) is 12.2. The number of rotatable bonds is 5. The van der Waals surface area contributed by atoms with E-state index in [0.29, 0.717) is 14.8 Å². The largest absolute Gasteiger partial charge is 0.452 e. The number of carbonyl (C=O) groups excluding carboxylic acids is 3. The van der Waals surface area contributed by atoms with Gasteiger partial charge in [-0.2, -0.15) is 13.2 Å². The van der Waals surface area contributed by atoms with Crippen molar-refractivity contribution in [3.8, 4) is 10.4 Å². The van der Waals surface area contributed by atoms with Crippen LogP contribution in [-0.4, -0.2) is 42.2 Å². The van der Waals surface area contributed by atoms with E-state index in [-0.39, 0.29) is 5.56 Å². The van der Waals surface area contributed by atoms with Crippen LogP contribution in [-0.2, 0) is 9.53 Å². The molecule has 0 unspecified atom stereocenters. The van der Waals surface area contributed by atoms with Gasteiger partial charge in [0.1, 0.15) is 6.54 Å². The van der Waals surface area contributed by atoms with Crippen LogP contribution in [0.5, 0.6) is 0 Å². The van der Waals surface area contributed by atoms with E-state index in [0.717, 1.165) is 0 Å². The van der Waals surface area contributed by atoms with Crippen molar-refractivity contribution in [2.45, 2.75) is 6.18 Å². The molecule has 0 bridgehead atoms. The van der Waals surface area contributed by atoms with Gasteiger partial charge >= 0.3 is 18.2 Å². The highest BCUT2D eigenvalue weighted by molar-refractivity contribution is 7.19. The molecule has 3 N–H and O–H groups in total. The van der Waals surface area contributed by atoms with Crippen LogP contribution in [0.3, 0.4) is 0 Å². The molecular formula is C14H11ClF3N3O4S. The molecule has 7 nitrogen and oxygen atoms in total. The topological polar surface area (TPSA) is 100 Å². The highest BCUT2D eigenvalue weighted by Crippen LogP contribution is 2.33. The lowest BCUT2D eigenvalue weighted by atomic mass is 10.2. The number of hydrogen-bond acceptors (Lipinski definition) is 5. The Morgan fingerprint density at radius 3 is 2.58 bits per heavy atom. The number of nitrogens with one attached hydrogen (secondary N) is 3. The van der Waals surface area contributed by atoms with Crippen molar-refractivity contribution >= 4 is 40.8 Å². The molecule has 0 spiro atoms. The van der Waals surface area contributed by atoms with E-state index in [1.165, 1.54) is 22.9 Å². The second kappa shape index (κ2) is 8.23. The maximum Gasteiger partial charge on any atom is 0.405 e. The monoisotopic (exact) mass is 409 g/mol. The quantitative estimate of drug-likeness (QED) is 0.661. The molecule has 0 aliphatic heterocycles. The first-order valence-corrected chi connectivity index (χ1v) is 8.09. The summed E-state index contributed by atoms with van der Waals surface area (Å²) in [4.78, 5) is 38.0. The molecule has 2 heterocycles. The van der Waals surface area contributed by atoms with Crippen molar-refractivity contribution in [1.82, 2.24) is 15.6 Å². The van der Waals surface area contributed by atoms with Crippen molar-refractivity contribution < 1.29 is 32.3 Å². The van der Waals surface area contributed by atoms with E-state index >= 15 is 0 Å². The summed E-state index contributed by atoms with van der Waals surface area (Å²) in [7, 11) is 0. The number of ether oxygens (including phenoxy) is 1. The summed E-state index contributed by atoms with van der Waals surface area (Å²) in [6.45, 7) is -2.43. The van der Waals surface area contributed by atoms with Gasteiger partial charge in [-0.3, -0.25) is 10.1 Å². The summed E-state index contributed by atoms with van der Waals surface area (Å²) in [5, 5.41) is 3.06. The second-order valence-electron chi connectivity index (χ2n) is 4.81. The molecule has 2 rings (SSSR count). The number of thiophene rings is 1. The van der Waals surface area contributed by atoms with Crippen LogP contribution in [0.1, 0.15) is 10.4 Å². The van der Waals surface area contributed by atoms with E-state index in [1.54, 1.807) is 23.6 Å². The van der Waals surface area contributed by atoms with Gasteiger partial charge in [0.25, 0.3) is 5.91 Å². The Balaban J connectivity index is 1.86. The number of imide groups is 1. The molecule has 3 amide bonds. The molecule has 12 heteroatoms. The lowest BCUT2D eigenvalue weighted by molar-refractivity contribution is -0.125. The van der Waals surface area contributed by atoms with Gasteiger partial charge in [0.2, 0.25) is 0 Å². The van der Waals surface area contributed by atoms with Gasteiger partial charge in [0.15, 0.2) is 6.61 Å². The number of hydrogen-bond donors (Lipinski definition) is 3. The number of aromatic nitrogens is 1. The molecule has 0 aliphatic carbocycles. The van der Waals surface area contributed by atoms with E-state index in [9.17, 15) is 27.6 Å². The van der Waals surface area contributed by atoms with E-state index in [1.807, 2.05) is 0 Å². The fourth-order valence-corrected chi connectivity index (χ4v) is 2.87. The number of urea groups is 1. The molecule has 0 saturated heterocycles. The van der Waals surface area contributed by atoms with E-state index in [2.05, 4.69) is 4.98 Å². The first-order valence-electron chi connectivity index (χ1n) is 6.90. The van der Waals surface area contributed by atoms with Crippen molar-refractivity contribution in [3.63, 3.8) is 0 Å². The van der Waals surface area contributed by atoms with Crippen molar-refractivity contribution in [2.75, 3.05) is 13.2 Å². The third-order valence-corrected chi connectivity index (χ3v) is 4.11. The molecule has 2 aromatic heterocycles. The summed E-state index contributed by atoms with van der Waals surface area (Å²) in [5.74, 6) is -1.93. The maximum atomic E-state index is 12.1. The van der Waals surface area contributed by atoms with E-state index in [4.69, 9.17) is 16.3 Å². The minimum Gasteiger partial charge on any atom is -0.452 e. The molecule has 0 radical (unpaired) electrons. The number of amides is 3. The van der Waals surface area contributed by atoms with Crippen LogP contribution in [0.15, 0.2) is 24.5 Å². The van der Waals surface area contributed by atoms with Gasteiger partial charge in [-0.15, -0.1) is 11.3 Å². The van der Waals surface area contributed by atoms with Crippen LogP contribution in [0.4, 0.5) is 18.0 Å². The Hall–Kier alpha value is -2.53. The Kier molecular flexibility index (Phi) is 6.27. The van der Waals surface area contributed by atoms with Crippen LogP contribution in [0, 0.1) is 0 Å². The summed E-state index contributed by atoms with van der Waals surface area (Å²) >= 11 is 7.08. The smallest absolute Gasteiger partial charge is 0.405 e. The molecule has 0 aliphatic rings. The third kappa shape index (κ3) is 5.77. The summed E-state index contributed by atoms with van der Waals surface area (Å²) in [6.07, 6.45) is -1.70. The predicted molar refractivity (Wildman–Crippen MR) is 87.0 cm³/mol. The zero-order valence-corrected chi connectivity index (χ0v) is 14.3. The zero-order valence-electron chi connectivity index (χ0n) is 12.8.